The standard InChI is InChI=1S/C14H21NO5S/c1-3-14(16,4-2)10-15-21(17,18)11-5-6-12-13(9-11)20-8-7-19-12/h5-6,9,15-16H,3-4,7-8,10H2,1-2H3. The number of fused-ring (bicyclic) bond motifs is 1. The Hall–Kier alpha value is -1.31. The fourth-order valence-corrected chi connectivity index (χ4v) is 3.14. The summed E-state index contributed by atoms with van der Waals surface area (Å²) in [5.74, 6) is 0.962. The molecule has 118 valence electrons. The van der Waals surface area contributed by atoms with E-state index in [0.29, 0.717) is 37.6 Å². The van der Waals surface area contributed by atoms with Gasteiger partial charge in [0.25, 0.3) is 0 Å². The lowest BCUT2D eigenvalue weighted by Gasteiger charge is -2.25. The zero-order valence-electron chi connectivity index (χ0n) is 12.3. The molecule has 0 amide bonds. The minimum atomic E-state index is -3.69. The third kappa shape index (κ3) is 3.66. The monoisotopic (exact) mass is 315 g/mol. The molecule has 0 radical (unpaired) electrons. The Morgan fingerprint density at radius 2 is 1.81 bits per heavy atom. The molecule has 0 spiro atoms. The largest absolute Gasteiger partial charge is 0.486 e. The smallest absolute Gasteiger partial charge is 0.240 e. The number of nitrogens with one attached hydrogen (secondary N) is 1. The second-order valence-electron chi connectivity index (χ2n) is 5.06. The number of rotatable bonds is 6. The minimum Gasteiger partial charge on any atom is -0.486 e. The molecule has 2 N–H and O–H groups in total. The number of hydrogen-bond acceptors (Lipinski definition) is 5. The fourth-order valence-electron chi connectivity index (χ4n) is 2.00. The highest BCUT2D eigenvalue weighted by Crippen LogP contribution is 2.32. The molecule has 7 heteroatoms. The Kier molecular flexibility index (Phi) is 4.75. The summed E-state index contributed by atoms with van der Waals surface area (Å²) in [6, 6.07) is 4.48. The van der Waals surface area contributed by atoms with Crippen LogP contribution < -0.4 is 14.2 Å². The Labute approximate surface area is 125 Å². The first-order valence-corrected chi connectivity index (χ1v) is 8.50. The molecule has 1 aliphatic rings. The van der Waals surface area contributed by atoms with Crippen LogP contribution in [0.25, 0.3) is 0 Å². The average molecular weight is 315 g/mol. The maximum absolute atomic E-state index is 12.3. The van der Waals surface area contributed by atoms with Crippen molar-refractivity contribution >= 4 is 10.0 Å². The van der Waals surface area contributed by atoms with Crippen molar-refractivity contribution in [1.29, 1.82) is 0 Å². The first-order valence-electron chi connectivity index (χ1n) is 7.02. The van der Waals surface area contributed by atoms with Gasteiger partial charge < -0.3 is 14.6 Å². The maximum atomic E-state index is 12.3. The molecule has 1 heterocycles. The van der Waals surface area contributed by atoms with E-state index >= 15 is 0 Å². The highest BCUT2D eigenvalue weighted by atomic mass is 32.2. The number of benzene rings is 1. The van der Waals surface area contributed by atoms with E-state index in [2.05, 4.69) is 4.72 Å². The number of hydrogen-bond donors (Lipinski definition) is 2. The van der Waals surface area contributed by atoms with Gasteiger partial charge in [-0.15, -0.1) is 0 Å². The second-order valence-corrected chi connectivity index (χ2v) is 6.83. The van der Waals surface area contributed by atoms with Crippen LogP contribution in [-0.4, -0.2) is 38.9 Å². The molecule has 0 unspecified atom stereocenters. The van der Waals surface area contributed by atoms with Gasteiger partial charge in [-0.1, -0.05) is 13.8 Å². The zero-order valence-corrected chi connectivity index (χ0v) is 13.1. The van der Waals surface area contributed by atoms with E-state index in [-0.39, 0.29) is 11.4 Å². The van der Waals surface area contributed by atoms with Crippen LogP contribution >= 0.6 is 0 Å². The van der Waals surface area contributed by atoms with Gasteiger partial charge in [0.15, 0.2) is 11.5 Å². The molecule has 1 aliphatic heterocycles. The molecule has 0 atom stereocenters. The van der Waals surface area contributed by atoms with Gasteiger partial charge in [-0.05, 0) is 25.0 Å². The van der Waals surface area contributed by atoms with E-state index in [4.69, 9.17) is 9.47 Å². The van der Waals surface area contributed by atoms with E-state index in [1.54, 1.807) is 6.07 Å². The molecule has 6 nitrogen and oxygen atoms in total. The lowest BCUT2D eigenvalue weighted by Crippen LogP contribution is -2.41. The average Bonchev–Trinajstić information content (AvgIpc) is 2.52. The van der Waals surface area contributed by atoms with Gasteiger partial charge in [-0.25, -0.2) is 13.1 Å². The summed E-state index contributed by atoms with van der Waals surface area (Å²) < 4.78 is 37.7. The summed E-state index contributed by atoms with van der Waals surface area (Å²) in [5, 5.41) is 10.2. The van der Waals surface area contributed by atoms with Crippen molar-refractivity contribution in [3.05, 3.63) is 18.2 Å². The molecule has 0 aliphatic carbocycles. The molecule has 0 fully saturated rings. The Morgan fingerprint density at radius 1 is 1.19 bits per heavy atom. The maximum Gasteiger partial charge on any atom is 0.240 e. The Balaban J connectivity index is 2.16. The van der Waals surface area contributed by atoms with Crippen molar-refractivity contribution in [3.8, 4) is 11.5 Å². The number of ether oxygens (including phenoxy) is 2. The molecule has 0 aromatic heterocycles. The van der Waals surface area contributed by atoms with Crippen LogP contribution in [0.3, 0.4) is 0 Å². The first kappa shape index (κ1) is 16.1. The molecular formula is C14H21NO5S. The van der Waals surface area contributed by atoms with Gasteiger partial charge >= 0.3 is 0 Å². The van der Waals surface area contributed by atoms with Crippen LogP contribution in [0.2, 0.25) is 0 Å². The summed E-state index contributed by atoms with van der Waals surface area (Å²) in [6.07, 6.45) is 0.959. The second kappa shape index (κ2) is 6.21. The summed E-state index contributed by atoms with van der Waals surface area (Å²) in [6.45, 7) is 4.48. The summed E-state index contributed by atoms with van der Waals surface area (Å²) in [4.78, 5) is 0.0984. The molecule has 0 bridgehead atoms. The van der Waals surface area contributed by atoms with Crippen molar-refractivity contribution in [3.63, 3.8) is 0 Å². The lowest BCUT2D eigenvalue weighted by molar-refractivity contribution is 0.0377. The van der Waals surface area contributed by atoms with E-state index in [1.807, 2.05) is 13.8 Å². The highest BCUT2D eigenvalue weighted by molar-refractivity contribution is 7.89. The zero-order chi connectivity index (χ0) is 15.5. The number of sulfonamides is 1. The predicted octanol–water partition coefficient (Wildman–Crippen LogP) is 1.29. The predicted molar refractivity (Wildman–Crippen MR) is 78.2 cm³/mol. The van der Waals surface area contributed by atoms with Crippen molar-refractivity contribution in [2.24, 2.45) is 0 Å². The molecule has 0 saturated heterocycles. The van der Waals surface area contributed by atoms with Crippen LogP contribution in [0.4, 0.5) is 0 Å². The Morgan fingerprint density at radius 3 is 2.43 bits per heavy atom. The molecule has 21 heavy (non-hydrogen) atoms. The molecule has 1 aromatic carbocycles. The summed E-state index contributed by atoms with van der Waals surface area (Å²) in [7, 11) is -3.69. The van der Waals surface area contributed by atoms with Gasteiger partial charge in [-0.2, -0.15) is 0 Å². The molecule has 1 aromatic rings. The highest BCUT2D eigenvalue weighted by Gasteiger charge is 2.26. The molecule has 0 saturated carbocycles. The normalized spacial score (nSPS) is 15.0. The van der Waals surface area contributed by atoms with Gasteiger partial charge in [0.1, 0.15) is 13.2 Å². The lowest BCUT2D eigenvalue weighted by atomic mass is 9.98. The van der Waals surface area contributed by atoms with Gasteiger partial charge in [0, 0.05) is 12.6 Å². The number of aliphatic hydroxyl groups is 1. The third-order valence-electron chi connectivity index (χ3n) is 3.73. The van der Waals surface area contributed by atoms with Gasteiger partial charge in [0.05, 0.1) is 10.5 Å². The van der Waals surface area contributed by atoms with Crippen LogP contribution in [0.15, 0.2) is 23.1 Å². The van der Waals surface area contributed by atoms with E-state index in [9.17, 15) is 13.5 Å². The van der Waals surface area contributed by atoms with Crippen LogP contribution in [0.1, 0.15) is 26.7 Å². The van der Waals surface area contributed by atoms with Crippen molar-refractivity contribution < 1.29 is 23.0 Å². The fraction of sp³-hybridized carbons (Fsp3) is 0.571. The summed E-state index contributed by atoms with van der Waals surface area (Å²) in [5.41, 5.74) is -1.03. The first-order chi connectivity index (χ1) is 9.90. The van der Waals surface area contributed by atoms with E-state index in [1.165, 1.54) is 12.1 Å². The third-order valence-corrected chi connectivity index (χ3v) is 5.13. The topological polar surface area (TPSA) is 84.9 Å². The van der Waals surface area contributed by atoms with Crippen LogP contribution in [0, 0.1) is 0 Å². The van der Waals surface area contributed by atoms with Gasteiger partial charge in [0.2, 0.25) is 10.0 Å². The Bertz CT molecular complexity index is 595. The molecular weight excluding hydrogens is 294 g/mol. The summed E-state index contributed by atoms with van der Waals surface area (Å²) >= 11 is 0. The van der Waals surface area contributed by atoms with Crippen LogP contribution in [0.5, 0.6) is 11.5 Å². The van der Waals surface area contributed by atoms with E-state index < -0.39 is 15.6 Å². The van der Waals surface area contributed by atoms with Gasteiger partial charge in [-0.3, -0.25) is 0 Å². The van der Waals surface area contributed by atoms with Crippen molar-refractivity contribution in [2.45, 2.75) is 37.2 Å². The SMILES string of the molecule is CCC(O)(CC)CNS(=O)(=O)c1ccc2c(c1)OCCO2. The quantitative estimate of drug-likeness (QED) is 0.826. The molecule has 2 rings (SSSR count). The van der Waals surface area contributed by atoms with Crippen molar-refractivity contribution in [2.75, 3.05) is 19.8 Å². The van der Waals surface area contributed by atoms with E-state index in [0.717, 1.165) is 0 Å². The minimum absolute atomic E-state index is 0.0171. The van der Waals surface area contributed by atoms with Crippen LogP contribution in [-0.2, 0) is 10.0 Å². The van der Waals surface area contributed by atoms with Crippen molar-refractivity contribution in [1.82, 2.24) is 4.72 Å².